The van der Waals surface area contributed by atoms with Crippen LogP contribution in [0.3, 0.4) is 0 Å². The lowest BCUT2D eigenvalue weighted by Gasteiger charge is -2.24. The first-order valence-corrected chi connectivity index (χ1v) is 12.3. The minimum absolute atomic E-state index is 0.0586. The lowest BCUT2D eigenvalue weighted by molar-refractivity contribution is 0.0982. The molecule has 35 heavy (non-hydrogen) atoms. The van der Waals surface area contributed by atoms with Gasteiger partial charge in [0.25, 0.3) is 5.91 Å². The molecule has 5 nitrogen and oxygen atoms in total. The summed E-state index contributed by atoms with van der Waals surface area (Å²) in [4.78, 5) is 29.9. The van der Waals surface area contributed by atoms with Crippen LogP contribution in [0.15, 0.2) is 107 Å². The average Bonchev–Trinajstić information content (AvgIpc) is 2.99. The predicted molar refractivity (Wildman–Crippen MR) is 141 cm³/mol. The Kier molecular flexibility index (Phi) is 6.55. The van der Waals surface area contributed by atoms with E-state index in [0.29, 0.717) is 24.3 Å². The van der Waals surface area contributed by atoms with Crippen LogP contribution in [-0.4, -0.2) is 11.9 Å². The highest BCUT2D eigenvalue weighted by Gasteiger charge is 2.27. The summed E-state index contributed by atoms with van der Waals surface area (Å²) in [6.45, 7) is 2.90. The maximum Gasteiger partial charge on any atom is 0.319 e. The summed E-state index contributed by atoms with van der Waals surface area (Å²) in [5.41, 5.74) is 5.32. The maximum atomic E-state index is 13.6. The van der Waals surface area contributed by atoms with Crippen LogP contribution in [0, 0.1) is 6.92 Å². The summed E-state index contributed by atoms with van der Waals surface area (Å²) in [7, 11) is 0. The molecule has 0 bridgehead atoms. The molecule has 174 valence electrons. The molecule has 1 aliphatic heterocycles. The zero-order valence-corrected chi connectivity index (χ0v) is 20.1. The van der Waals surface area contributed by atoms with E-state index in [1.807, 2.05) is 104 Å². The lowest BCUT2D eigenvalue weighted by Crippen LogP contribution is -2.31. The third-order valence-corrected chi connectivity index (χ3v) is 6.99. The third kappa shape index (κ3) is 5.23. The largest absolute Gasteiger partial charge is 0.334 e. The molecular formula is C29H25N3O2S. The molecule has 4 aromatic rings. The van der Waals surface area contributed by atoms with Gasteiger partial charge in [0.1, 0.15) is 0 Å². The quantitative estimate of drug-likeness (QED) is 0.338. The molecule has 1 aliphatic rings. The van der Waals surface area contributed by atoms with Crippen molar-refractivity contribution < 1.29 is 9.59 Å². The molecule has 0 aromatic heterocycles. The van der Waals surface area contributed by atoms with Crippen LogP contribution in [0.4, 0.5) is 16.2 Å². The number of nitrogens with one attached hydrogen (secondary N) is 2. The van der Waals surface area contributed by atoms with Crippen molar-refractivity contribution in [2.75, 3.05) is 10.2 Å². The standard InChI is InChI=1S/C29H25N3O2S/c1-20-11-13-21(14-12-20)18-30-29(34)31-23-15-16-27-25(17-23)32(19-22-7-3-2-4-8-22)28(33)24-9-5-6-10-26(24)35-27/h2-17H,18-19H2,1H3,(H2,30,31,34). The Labute approximate surface area is 209 Å². The zero-order valence-electron chi connectivity index (χ0n) is 19.3. The highest BCUT2D eigenvalue weighted by Crippen LogP contribution is 2.43. The number of nitrogens with zero attached hydrogens (tertiary/aromatic N) is 1. The minimum atomic E-state index is -0.295. The monoisotopic (exact) mass is 479 g/mol. The topological polar surface area (TPSA) is 61.4 Å². The van der Waals surface area contributed by atoms with Crippen molar-refractivity contribution >= 4 is 35.1 Å². The zero-order chi connectivity index (χ0) is 24.2. The summed E-state index contributed by atoms with van der Waals surface area (Å²) in [6.07, 6.45) is 0. The van der Waals surface area contributed by atoms with E-state index < -0.39 is 0 Å². The molecule has 6 heteroatoms. The van der Waals surface area contributed by atoms with Crippen LogP contribution in [-0.2, 0) is 13.1 Å². The van der Waals surface area contributed by atoms with E-state index in [4.69, 9.17) is 0 Å². The van der Waals surface area contributed by atoms with Crippen LogP contribution in [0.1, 0.15) is 27.0 Å². The van der Waals surface area contributed by atoms with E-state index >= 15 is 0 Å². The smallest absolute Gasteiger partial charge is 0.319 e. The second kappa shape index (κ2) is 10.1. The van der Waals surface area contributed by atoms with Gasteiger partial charge < -0.3 is 15.5 Å². The third-order valence-electron chi connectivity index (χ3n) is 5.85. The molecule has 0 atom stereocenters. The van der Waals surface area contributed by atoms with Crippen molar-refractivity contribution in [3.63, 3.8) is 0 Å². The summed E-state index contributed by atoms with van der Waals surface area (Å²) < 4.78 is 0. The van der Waals surface area contributed by atoms with Gasteiger partial charge in [0, 0.05) is 22.0 Å². The van der Waals surface area contributed by atoms with Gasteiger partial charge in [-0.25, -0.2) is 4.79 Å². The lowest BCUT2D eigenvalue weighted by atomic mass is 10.1. The van der Waals surface area contributed by atoms with E-state index in [1.54, 1.807) is 16.7 Å². The Hall–Kier alpha value is -4.03. The molecule has 1 heterocycles. The summed E-state index contributed by atoms with van der Waals surface area (Å²) >= 11 is 1.57. The van der Waals surface area contributed by atoms with Gasteiger partial charge in [-0.15, -0.1) is 0 Å². The number of fused-ring (bicyclic) bond motifs is 2. The molecule has 0 unspecified atom stereocenters. The Morgan fingerprint density at radius 2 is 1.57 bits per heavy atom. The molecule has 0 radical (unpaired) electrons. The molecule has 5 rings (SSSR count). The van der Waals surface area contributed by atoms with Crippen molar-refractivity contribution in [2.45, 2.75) is 29.8 Å². The van der Waals surface area contributed by atoms with Crippen molar-refractivity contribution in [3.05, 3.63) is 119 Å². The Bertz CT molecular complexity index is 1370. The number of rotatable bonds is 5. The van der Waals surface area contributed by atoms with Gasteiger partial charge in [-0.2, -0.15) is 0 Å². The van der Waals surface area contributed by atoms with Gasteiger partial charge in [0.15, 0.2) is 0 Å². The predicted octanol–water partition coefficient (Wildman–Crippen LogP) is 6.63. The summed E-state index contributed by atoms with van der Waals surface area (Å²) in [5, 5.41) is 5.81. The maximum absolute atomic E-state index is 13.6. The van der Waals surface area contributed by atoms with Gasteiger partial charge in [-0.1, -0.05) is 84.1 Å². The number of carbonyl (C=O) groups is 2. The first-order valence-electron chi connectivity index (χ1n) is 11.4. The molecule has 4 aromatic carbocycles. The molecular weight excluding hydrogens is 454 g/mol. The highest BCUT2D eigenvalue weighted by atomic mass is 32.2. The number of hydrogen-bond donors (Lipinski definition) is 2. The number of benzene rings is 4. The molecule has 0 saturated carbocycles. The average molecular weight is 480 g/mol. The minimum Gasteiger partial charge on any atom is -0.334 e. The first kappa shape index (κ1) is 22.7. The van der Waals surface area contributed by atoms with Gasteiger partial charge in [0.2, 0.25) is 0 Å². The van der Waals surface area contributed by atoms with Crippen molar-refractivity contribution in [3.8, 4) is 0 Å². The van der Waals surface area contributed by atoms with Gasteiger partial charge in [-0.3, -0.25) is 4.79 Å². The van der Waals surface area contributed by atoms with E-state index in [1.165, 1.54) is 5.56 Å². The number of carbonyl (C=O) groups excluding carboxylic acids is 2. The second-order valence-corrected chi connectivity index (χ2v) is 9.53. The summed E-state index contributed by atoms with van der Waals surface area (Å²) in [6, 6.07) is 31.1. The van der Waals surface area contributed by atoms with Crippen LogP contribution < -0.4 is 15.5 Å². The van der Waals surface area contributed by atoms with Gasteiger partial charge >= 0.3 is 6.03 Å². The normalized spacial score (nSPS) is 12.4. The number of hydrogen-bond acceptors (Lipinski definition) is 3. The molecule has 0 spiro atoms. The number of anilines is 2. The molecule has 0 saturated heterocycles. The van der Waals surface area contributed by atoms with Crippen molar-refractivity contribution in [1.29, 1.82) is 0 Å². The SMILES string of the molecule is Cc1ccc(CNC(=O)Nc2ccc3c(c2)N(Cc2ccccc2)C(=O)c2ccccc2S3)cc1. The van der Waals surface area contributed by atoms with E-state index in [9.17, 15) is 9.59 Å². The van der Waals surface area contributed by atoms with Gasteiger partial charge in [0.05, 0.1) is 17.8 Å². The van der Waals surface area contributed by atoms with Crippen LogP contribution >= 0.6 is 11.8 Å². The molecule has 2 N–H and O–H groups in total. The Balaban J connectivity index is 1.41. The van der Waals surface area contributed by atoms with Crippen molar-refractivity contribution in [1.82, 2.24) is 5.32 Å². The number of urea groups is 1. The molecule has 3 amide bonds. The molecule has 0 fully saturated rings. The van der Waals surface area contributed by atoms with Crippen molar-refractivity contribution in [2.24, 2.45) is 0 Å². The fourth-order valence-corrected chi connectivity index (χ4v) is 5.04. The fourth-order valence-electron chi connectivity index (χ4n) is 3.98. The van der Waals surface area contributed by atoms with Crippen LogP contribution in [0.25, 0.3) is 0 Å². The summed E-state index contributed by atoms with van der Waals surface area (Å²) in [5.74, 6) is -0.0586. The first-order chi connectivity index (χ1) is 17.1. The fraction of sp³-hybridized carbons (Fsp3) is 0.103. The Morgan fingerprint density at radius 1 is 0.829 bits per heavy atom. The number of amides is 3. The van der Waals surface area contributed by atoms with Gasteiger partial charge in [-0.05, 0) is 48.4 Å². The van der Waals surface area contributed by atoms with E-state index in [-0.39, 0.29) is 11.9 Å². The Morgan fingerprint density at radius 3 is 2.37 bits per heavy atom. The molecule has 0 aliphatic carbocycles. The number of aryl methyl sites for hydroxylation is 1. The van der Waals surface area contributed by atoms with E-state index in [0.717, 1.165) is 26.6 Å². The van der Waals surface area contributed by atoms with Crippen LogP contribution in [0.5, 0.6) is 0 Å². The van der Waals surface area contributed by atoms with E-state index in [2.05, 4.69) is 10.6 Å². The highest BCUT2D eigenvalue weighted by molar-refractivity contribution is 7.99. The second-order valence-electron chi connectivity index (χ2n) is 8.45. The van der Waals surface area contributed by atoms with Crippen LogP contribution in [0.2, 0.25) is 0 Å².